The van der Waals surface area contributed by atoms with Crippen LogP contribution in [0.15, 0.2) is 47.5 Å². The van der Waals surface area contributed by atoms with Gasteiger partial charge in [0.1, 0.15) is 5.84 Å². The molecule has 0 aliphatic carbocycles. The molecule has 1 saturated heterocycles. The van der Waals surface area contributed by atoms with Gasteiger partial charge in [-0.2, -0.15) is 13.2 Å². The Labute approximate surface area is 146 Å². The van der Waals surface area contributed by atoms with E-state index in [9.17, 15) is 18.3 Å². The van der Waals surface area contributed by atoms with Crippen LogP contribution in [0.3, 0.4) is 0 Å². The van der Waals surface area contributed by atoms with Gasteiger partial charge in [-0.05, 0) is 29.3 Å². The molecule has 0 saturated carbocycles. The lowest BCUT2D eigenvalue weighted by Gasteiger charge is -2.25. The topological polar surface area (TPSA) is 102 Å². The SMILES string of the molecule is C#Cc1ccc2c(c1)C(O)(c1ccc(C3(C(F)(F)F)NN3)cc1)C(N)=N2. The second-order valence-electron chi connectivity index (χ2n) is 6.16. The highest BCUT2D eigenvalue weighted by atomic mass is 19.4. The van der Waals surface area contributed by atoms with Crippen molar-refractivity contribution in [3.05, 3.63) is 64.7 Å². The zero-order valence-electron chi connectivity index (χ0n) is 13.2. The lowest BCUT2D eigenvalue weighted by molar-refractivity contribution is -0.165. The Morgan fingerprint density at radius 3 is 2.23 bits per heavy atom. The minimum atomic E-state index is -4.51. The fourth-order valence-corrected chi connectivity index (χ4v) is 3.14. The van der Waals surface area contributed by atoms with Crippen LogP contribution in [0.4, 0.5) is 18.9 Å². The van der Waals surface area contributed by atoms with Crippen LogP contribution in [-0.4, -0.2) is 17.1 Å². The molecule has 0 aromatic heterocycles. The van der Waals surface area contributed by atoms with E-state index in [1.54, 1.807) is 18.2 Å². The van der Waals surface area contributed by atoms with Gasteiger partial charge in [-0.25, -0.2) is 15.8 Å². The maximum atomic E-state index is 13.2. The van der Waals surface area contributed by atoms with Crippen LogP contribution in [0.5, 0.6) is 0 Å². The van der Waals surface area contributed by atoms with Crippen LogP contribution < -0.4 is 16.6 Å². The first-order valence-electron chi connectivity index (χ1n) is 7.62. The Morgan fingerprint density at radius 2 is 1.69 bits per heavy atom. The molecule has 1 atom stereocenters. The van der Waals surface area contributed by atoms with Crippen molar-refractivity contribution in [1.29, 1.82) is 0 Å². The molecule has 1 unspecified atom stereocenters. The van der Waals surface area contributed by atoms with E-state index in [0.717, 1.165) is 0 Å². The van der Waals surface area contributed by atoms with Crippen molar-refractivity contribution in [3.8, 4) is 12.3 Å². The fourth-order valence-electron chi connectivity index (χ4n) is 3.14. The van der Waals surface area contributed by atoms with E-state index in [1.165, 1.54) is 24.3 Å². The maximum Gasteiger partial charge on any atom is 0.426 e. The van der Waals surface area contributed by atoms with Crippen LogP contribution >= 0.6 is 0 Å². The number of terminal acetylenes is 1. The number of nitrogens with zero attached hydrogens (tertiary/aromatic N) is 1. The lowest BCUT2D eigenvalue weighted by atomic mass is 9.84. The Bertz CT molecular complexity index is 971. The Morgan fingerprint density at radius 1 is 1.08 bits per heavy atom. The van der Waals surface area contributed by atoms with Crippen molar-refractivity contribution in [2.75, 3.05) is 0 Å². The third-order valence-electron chi connectivity index (χ3n) is 4.70. The number of amidine groups is 1. The zero-order valence-corrected chi connectivity index (χ0v) is 13.2. The molecule has 8 heteroatoms. The van der Waals surface area contributed by atoms with Gasteiger partial charge in [-0.15, -0.1) is 6.42 Å². The molecule has 2 aliphatic heterocycles. The molecule has 132 valence electrons. The average molecular weight is 358 g/mol. The predicted molar refractivity (Wildman–Crippen MR) is 89.1 cm³/mol. The van der Waals surface area contributed by atoms with Crippen molar-refractivity contribution in [2.24, 2.45) is 10.7 Å². The van der Waals surface area contributed by atoms with Crippen LogP contribution in [0.2, 0.25) is 0 Å². The van der Waals surface area contributed by atoms with E-state index < -0.39 is 17.4 Å². The standard InChI is InChI=1S/C18H13F3N4O/c1-2-10-3-8-14-13(9-10)16(26,15(22)23-14)11-4-6-12(7-5-11)17(24-25-17)18(19,20)21/h1,3-9,24-26H,(H2,22,23). The first-order chi connectivity index (χ1) is 12.2. The summed E-state index contributed by atoms with van der Waals surface area (Å²) in [4.78, 5) is 4.15. The second-order valence-corrected chi connectivity index (χ2v) is 6.16. The summed E-state index contributed by atoms with van der Waals surface area (Å²) in [5.41, 5.74) is 7.85. The highest BCUT2D eigenvalue weighted by Crippen LogP contribution is 2.45. The van der Waals surface area contributed by atoms with Gasteiger partial charge < -0.3 is 10.8 Å². The number of fused-ring (bicyclic) bond motifs is 1. The number of rotatable bonds is 2. The summed E-state index contributed by atoms with van der Waals surface area (Å²) in [7, 11) is 0. The summed E-state index contributed by atoms with van der Waals surface area (Å²) < 4.78 is 39.5. The Balaban J connectivity index is 1.78. The second kappa shape index (κ2) is 5.08. The number of hydrogen-bond donors (Lipinski definition) is 4. The molecule has 0 bridgehead atoms. The summed E-state index contributed by atoms with van der Waals surface area (Å²) in [6.07, 6.45) is 0.894. The van der Waals surface area contributed by atoms with E-state index >= 15 is 0 Å². The molecule has 2 aromatic carbocycles. The number of halogens is 3. The normalized spacial score (nSPS) is 23.1. The van der Waals surface area contributed by atoms with E-state index in [1.807, 2.05) is 0 Å². The monoisotopic (exact) mass is 358 g/mol. The smallest absolute Gasteiger partial charge is 0.384 e. The van der Waals surface area contributed by atoms with Crippen molar-refractivity contribution < 1.29 is 18.3 Å². The molecule has 5 N–H and O–H groups in total. The molecular weight excluding hydrogens is 345 g/mol. The molecule has 0 spiro atoms. The van der Waals surface area contributed by atoms with Gasteiger partial charge in [0.05, 0.1) is 5.69 Å². The summed E-state index contributed by atoms with van der Waals surface area (Å²) in [5, 5.41) is 11.2. The van der Waals surface area contributed by atoms with Gasteiger partial charge in [0.25, 0.3) is 0 Å². The van der Waals surface area contributed by atoms with Crippen LogP contribution in [0, 0.1) is 12.3 Å². The van der Waals surface area contributed by atoms with Gasteiger partial charge in [-0.3, -0.25) is 0 Å². The predicted octanol–water partition coefficient (Wildman–Crippen LogP) is 1.73. The molecule has 1 fully saturated rings. The molecule has 0 amide bonds. The fraction of sp³-hybridized carbons (Fsp3) is 0.167. The highest BCUT2D eigenvalue weighted by Gasteiger charge is 2.65. The number of hydrazine groups is 1. The molecule has 5 nitrogen and oxygen atoms in total. The lowest BCUT2D eigenvalue weighted by Crippen LogP contribution is -2.40. The molecule has 4 rings (SSSR count). The number of aliphatic hydroxyl groups is 1. The average Bonchev–Trinajstić information content (AvgIpc) is 3.39. The van der Waals surface area contributed by atoms with Gasteiger partial charge in [0.15, 0.2) is 5.60 Å². The number of hydrogen-bond acceptors (Lipinski definition) is 5. The van der Waals surface area contributed by atoms with Crippen molar-refractivity contribution in [1.82, 2.24) is 10.9 Å². The molecule has 2 heterocycles. The minimum Gasteiger partial charge on any atom is -0.384 e. The number of nitrogens with one attached hydrogen (secondary N) is 2. The number of aliphatic imine (C=N–C) groups is 1. The summed E-state index contributed by atoms with van der Waals surface area (Å²) in [5.74, 6) is 2.40. The van der Waals surface area contributed by atoms with E-state index in [0.29, 0.717) is 22.4 Å². The molecule has 0 radical (unpaired) electrons. The summed E-state index contributed by atoms with van der Waals surface area (Å²) in [6, 6.07) is 10.2. The zero-order chi connectivity index (χ0) is 18.7. The Kier molecular flexibility index (Phi) is 3.24. The van der Waals surface area contributed by atoms with Crippen LogP contribution in [0.25, 0.3) is 0 Å². The molecule has 2 aliphatic rings. The third kappa shape index (κ3) is 2.08. The quantitative estimate of drug-likeness (QED) is 0.485. The first-order valence-corrected chi connectivity index (χ1v) is 7.62. The molecular formula is C18H13F3N4O. The number of alkyl halides is 3. The van der Waals surface area contributed by atoms with Crippen LogP contribution in [0.1, 0.15) is 22.3 Å². The van der Waals surface area contributed by atoms with E-state index in [-0.39, 0.29) is 11.4 Å². The summed E-state index contributed by atoms with van der Waals surface area (Å²) in [6.45, 7) is 0. The maximum absolute atomic E-state index is 13.2. The van der Waals surface area contributed by atoms with Gasteiger partial charge in [-0.1, -0.05) is 30.2 Å². The van der Waals surface area contributed by atoms with Crippen molar-refractivity contribution in [3.63, 3.8) is 0 Å². The highest BCUT2D eigenvalue weighted by molar-refractivity contribution is 6.00. The molecule has 2 aromatic rings. The number of nitrogens with two attached hydrogens (primary N) is 1. The van der Waals surface area contributed by atoms with E-state index in [2.05, 4.69) is 21.8 Å². The van der Waals surface area contributed by atoms with Crippen molar-refractivity contribution in [2.45, 2.75) is 17.4 Å². The van der Waals surface area contributed by atoms with Gasteiger partial charge >= 0.3 is 6.18 Å². The first kappa shape index (κ1) is 16.6. The number of benzene rings is 2. The Hall–Kier alpha value is -2.86. The van der Waals surface area contributed by atoms with Crippen molar-refractivity contribution >= 4 is 11.5 Å². The molecule has 26 heavy (non-hydrogen) atoms. The third-order valence-corrected chi connectivity index (χ3v) is 4.70. The summed E-state index contributed by atoms with van der Waals surface area (Å²) >= 11 is 0. The minimum absolute atomic E-state index is 0.0246. The largest absolute Gasteiger partial charge is 0.426 e. The van der Waals surface area contributed by atoms with Gasteiger partial charge in [0, 0.05) is 11.1 Å². The van der Waals surface area contributed by atoms with Crippen LogP contribution in [-0.2, 0) is 11.3 Å². The van der Waals surface area contributed by atoms with E-state index in [4.69, 9.17) is 12.2 Å². The van der Waals surface area contributed by atoms with Gasteiger partial charge in [0.2, 0.25) is 5.66 Å².